The van der Waals surface area contributed by atoms with E-state index < -0.39 is 5.60 Å². The maximum Gasteiger partial charge on any atom is 0.164 e. The smallest absolute Gasteiger partial charge is 0.164 e. The minimum absolute atomic E-state index is 0.347. The molecule has 0 aliphatic heterocycles. The molecule has 2 nitrogen and oxygen atoms in total. The molecule has 1 fully saturated rings. The minimum atomic E-state index is -0.458. The van der Waals surface area contributed by atoms with E-state index in [-0.39, 0.29) is 0 Å². The Morgan fingerprint density at radius 2 is 2.06 bits per heavy atom. The third-order valence-electron chi connectivity index (χ3n) is 4.48. The van der Waals surface area contributed by atoms with E-state index in [2.05, 4.69) is 20.8 Å². The van der Waals surface area contributed by atoms with E-state index in [1.165, 1.54) is 6.42 Å². The predicted molar refractivity (Wildman–Crippen MR) is 71.1 cm³/mol. The average molecular weight is 240 g/mol. The van der Waals surface area contributed by atoms with Gasteiger partial charge in [0, 0.05) is 13.5 Å². The fourth-order valence-corrected chi connectivity index (χ4v) is 3.08. The van der Waals surface area contributed by atoms with Gasteiger partial charge >= 0.3 is 0 Å². The van der Waals surface area contributed by atoms with Gasteiger partial charge in [-0.3, -0.25) is 4.79 Å². The van der Waals surface area contributed by atoms with Gasteiger partial charge in [0.25, 0.3) is 0 Å². The van der Waals surface area contributed by atoms with Crippen molar-refractivity contribution in [1.82, 2.24) is 0 Å². The van der Waals surface area contributed by atoms with Gasteiger partial charge in [-0.05, 0) is 31.1 Å². The van der Waals surface area contributed by atoms with E-state index >= 15 is 0 Å². The Hall–Kier alpha value is -0.370. The summed E-state index contributed by atoms with van der Waals surface area (Å²) in [5, 5.41) is 0. The van der Waals surface area contributed by atoms with Crippen LogP contribution in [-0.2, 0) is 9.53 Å². The molecular weight excluding hydrogens is 212 g/mol. The Morgan fingerprint density at radius 1 is 1.41 bits per heavy atom. The van der Waals surface area contributed by atoms with Crippen LogP contribution in [0.1, 0.15) is 65.7 Å². The zero-order valence-electron chi connectivity index (χ0n) is 11.9. The summed E-state index contributed by atoms with van der Waals surface area (Å²) in [6.07, 6.45) is 7.10. The second kappa shape index (κ2) is 6.53. The molecule has 0 aromatic rings. The minimum Gasteiger partial charge on any atom is -0.370 e. The highest BCUT2D eigenvalue weighted by molar-refractivity contribution is 5.87. The average Bonchev–Trinajstić information content (AvgIpc) is 2.35. The van der Waals surface area contributed by atoms with Gasteiger partial charge < -0.3 is 4.74 Å². The van der Waals surface area contributed by atoms with Crippen molar-refractivity contribution in [3.05, 3.63) is 0 Å². The Bertz CT molecular complexity index is 245. The van der Waals surface area contributed by atoms with Crippen molar-refractivity contribution in [2.45, 2.75) is 71.3 Å². The number of methoxy groups -OCH3 is 1. The molecule has 2 atom stereocenters. The van der Waals surface area contributed by atoms with Crippen LogP contribution in [0, 0.1) is 11.8 Å². The number of Topliss-reactive ketones (excluding diaryl/α,β-unsaturated/α-hetero) is 1. The van der Waals surface area contributed by atoms with Crippen LogP contribution < -0.4 is 0 Å². The van der Waals surface area contributed by atoms with Crippen LogP contribution in [-0.4, -0.2) is 18.5 Å². The van der Waals surface area contributed by atoms with Crippen molar-refractivity contribution in [1.29, 1.82) is 0 Å². The van der Waals surface area contributed by atoms with E-state index in [0.717, 1.165) is 32.1 Å². The molecule has 0 heterocycles. The van der Waals surface area contributed by atoms with Gasteiger partial charge in [-0.25, -0.2) is 0 Å². The third kappa shape index (κ3) is 3.54. The lowest BCUT2D eigenvalue weighted by molar-refractivity contribution is -0.148. The lowest BCUT2D eigenvalue weighted by Crippen LogP contribution is -2.45. The standard InChI is InChI=1S/C15H28O2/c1-5-13(6-2)10-14(16)15(17-4)9-7-8-12(3)11-15/h12-13H,5-11H2,1-4H3. The van der Waals surface area contributed by atoms with Crippen molar-refractivity contribution in [2.75, 3.05) is 7.11 Å². The van der Waals surface area contributed by atoms with Crippen molar-refractivity contribution >= 4 is 5.78 Å². The van der Waals surface area contributed by atoms with Crippen LogP contribution in [0.3, 0.4) is 0 Å². The van der Waals surface area contributed by atoms with Crippen molar-refractivity contribution in [2.24, 2.45) is 11.8 Å². The Labute approximate surface area is 106 Å². The molecule has 1 aliphatic carbocycles. The fraction of sp³-hybridized carbons (Fsp3) is 0.933. The zero-order chi connectivity index (χ0) is 12.9. The van der Waals surface area contributed by atoms with Crippen LogP contribution >= 0.6 is 0 Å². The maximum atomic E-state index is 12.5. The van der Waals surface area contributed by atoms with E-state index in [9.17, 15) is 4.79 Å². The lowest BCUT2D eigenvalue weighted by atomic mass is 9.74. The Morgan fingerprint density at radius 3 is 2.53 bits per heavy atom. The van der Waals surface area contributed by atoms with E-state index in [4.69, 9.17) is 4.74 Å². The number of rotatable bonds is 6. The molecule has 0 aromatic carbocycles. The molecular formula is C15H28O2. The third-order valence-corrected chi connectivity index (χ3v) is 4.48. The Balaban J connectivity index is 2.68. The fourth-order valence-electron chi connectivity index (χ4n) is 3.08. The zero-order valence-corrected chi connectivity index (χ0v) is 11.9. The van der Waals surface area contributed by atoms with E-state index in [1.807, 2.05) is 0 Å². The molecule has 1 aliphatic rings. The second-order valence-electron chi connectivity index (χ2n) is 5.71. The van der Waals surface area contributed by atoms with E-state index in [0.29, 0.717) is 24.0 Å². The highest BCUT2D eigenvalue weighted by Crippen LogP contribution is 2.37. The first-order valence-electron chi connectivity index (χ1n) is 7.16. The van der Waals surface area contributed by atoms with Gasteiger partial charge in [-0.1, -0.05) is 40.0 Å². The van der Waals surface area contributed by atoms with Crippen LogP contribution in [0.15, 0.2) is 0 Å². The number of carbonyl (C=O) groups is 1. The van der Waals surface area contributed by atoms with Crippen LogP contribution in [0.4, 0.5) is 0 Å². The number of hydrogen-bond acceptors (Lipinski definition) is 2. The number of hydrogen-bond donors (Lipinski definition) is 0. The molecule has 1 rings (SSSR count). The lowest BCUT2D eigenvalue weighted by Gasteiger charge is -2.38. The molecule has 0 aromatic heterocycles. The van der Waals surface area contributed by atoms with Crippen LogP contribution in [0.2, 0.25) is 0 Å². The maximum absolute atomic E-state index is 12.5. The molecule has 0 radical (unpaired) electrons. The first-order chi connectivity index (χ1) is 8.07. The molecule has 0 amide bonds. The van der Waals surface area contributed by atoms with E-state index in [1.54, 1.807) is 7.11 Å². The summed E-state index contributed by atoms with van der Waals surface area (Å²) in [7, 11) is 1.71. The molecule has 17 heavy (non-hydrogen) atoms. The highest BCUT2D eigenvalue weighted by Gasteiger charge is 2.41. The van der Waals surface area contributed by atoms with Gasteiger partial charge in [0.15, 0.2) is 5.78 Å². The quantitative estimate of drug-likeness (QED) is 0.702. The monoisotopic (exact) mass is 240 g/mol. The number of carbonyl (C=O) groups excluding carboxylic acids is 1. The summed E-state index contributed by atoms with van der Waals surface area (Å²) < 4.78 is 5.65. The predicted octanol–water partition coefficient (Wildman–Crippen LogP) is 3.98. The summed E-state index contributed by atoms with van der Waals surface area (Å²) in [4.78, 5) is 12.5. The molecule has 1 saturated carbocycles. The summed E-state index contributed by atoms with van der Waals surface area (Å²) in [6.45, 7) is 6.58. The van der Waals surface area contributed by atoms with Gasteiger partial charge in [-0.15, -0.1) is 0 Å². The molecule has 2 heteroatoms. The summed E-state index contributed by atoms with van der Waals surface area (Å²) in [6, 6.07) is 0. The SMILES string of the molecule is CCC(CC)CC(=O)C1(OC)CCCC(C)C1. The molecule has 0 saturated heterocycles. The van der Waals surface area contributed by atoms with Gasteiger partial charge in [0.2, 0.25) is 0 Å². The molecule has 0 N–H and O–H groups in total. The largest absolute Gasteiger partial charge is 0.370 e. The molecule has 0 spiro atoms. The topological polar surface area (TPSA) is 26.3 Å². The highest BCUT2D eigenvalue weighted by atomic mass is 16.5. The number of ether oxygens (including phenoxy) is 1. The summed E-state index contributed by atoms with van der Waals surface area (Å²) in [5.41, 5.74) is -0.458. The van der Waals surface area contributed by atoms with Crippen molar-refractivity contribution in [3.8, 4) is 0 Å². The van der Waals surface area contributed by atoms with Crippen LogP contribution in [0.25, 0.3) is 0 Å². The van der Waals surface area contributed by atoms with Gasteiger partial charge in [0.1, 0.15) is 5.60 Å². The molecule has 2 unspecified atom stereocenters. The first-order valence-corrected chi connectivity index (χ1v) is 7.16. The normalized spacial score (nSPS) is 29.6. The molecule has 100 valence electrons. The molecule has 0 bridgehead atoms. The van der Waals surface area contributed by atoms with Crippen LogP contribution in [0.5, 0.6) is 0 Å². The van der Waals surface area contributed by atoms with Crippen molar-refractivity contribution in [3.63, 3.8) is 0 Å². The van der Waals surface area contributed by atoms with Gasteiger partial charge in [-0.2, -0.15) is 0 Å². The first kappa shape index (κ1) is 14.7. The Kier molecular flexibility index (Phi) is 5.64. The van der Waals surface area contributed by atoms with Gasteiger partial charge in [0.05, 0.1) is 0 Å². The summed E-state index contributed by atoms with van der Waals surface area (Å²) >= 11 is 0. The second-order valence-corrected chi connectivity index (χ2v) is 5.71. The number of ketones is 1. The summed E-state index contributed by atoms with van der Waals surface area (Å²) in [5.74, 6) is 1.50. The van der Waals surface area contributed by atoms with Crippen molar-refractivity contribution < 1.29 is 9.53 Å².